The normalized spacial score (nSPS) is 8.00. The molecule has 0 aromatic carbocycles. The van der Waals surface area contributed by atoms with Crippen molar-refractivity contribution in [1.29, 1.82) is 0 Å². The van der Waals surface area contributed by atoms with Crippen LogP contribution in [0.1, 0.15) is 10.4 Å². The number of hydrogen-bond donors (Lipinski definition) is 1. The second-order valence-electron chi connectivity index (χ2n) is 1.60. The van der Waals surface area contributed by atoms with Crippen LogP contribution in [-0.4, -0.2) is 10.9 Å². The molecule has 1 heterocycles. The number of primary amides is 1. The summed E-state index contributed by atoms with van der Waals surface area (Å²) in [5.74, 6) is -0.419. The number of aromatic nitrogens is 1. The number of rotatable bonds is 1. The number of carbonyl (C=O) groups excluding carboxylic acids is 1. The minimum Gasteiger partial charge on any atom is -0.366 e. The number of nitrogens with zero attached hydrogens (tertiary/aromatic N) is 1. The molecule has 0 aliphatic rings. The fraction of sp³-hybridized carbons (Fsp3) is 0. The van der Waals surface area contributed by atoms with Crippen molar-refractivity contribution in [2.75, 3.05) is 0 Å². The fourth-order valence-corrected chi connectivity index (χ4v) is 0.516. The molecule has 0 saturated carbocycles. The van der Waals surface area contributed by atoms with E-state index in [0.29, 0.717) is 5.56 Å². The van der Waals surface area contributed by atoms with Gasteiger partial charge in [0.2, 0.25) is 5.91 Å². The molecule has 0 saturated heterocycles. The van der Waals surface area contributed by atoms with E-state index < -0.39 is 5.91 Å². The first kappa shape index (κ1) is 9.24. The van der Waals surface area contributed by atoms with Gasteiger partial charge in [0.05, 0.1) is 0 Å². The third kappa shape index (κ3) is 2.23. The maximum absolute atomic E-state index is 10.4. The molecule has 10 heavy (non-hydrogen) atoms. The van der Waals surface area contributed by atoms with E-state index >= 15 is 0 Å². The summed E-state index contributed by atoms with van der Waals surface area (Å²) in [7, 11) is 0. The van der Waals surface area contributed by atoms with E-state index in [4.69, 9.17) is 5.73 Å². The quantitative estimate of drug-likeness (QED) is 0.638. The third-order valence-electron chi connectivity index (χ3n) is 0.965. The second-order valence-corrected chi connectivity index (χ2v) is 1.60. The zero-order valence-corrected chi connectivity index (χ0v) is 8.42. The largest absolute Gasteiger partial charge is 0.366 e. The fourth-order valence-electron chi connectivity index (χ4n) is 0.516. The van der Waals surface area contributed by atoms with E-state index in [0.717, 1.165) is 0 Å². The van der Waals surface area contributed by atoms with Crippen molar-refractivity contribution >= 4 is 5.91 Å². The summed E-state index contributed by atoms with van der Waals surface area (Å²) in [5, 5.41) is 0. The molecule has 3 nitrogen and oxygen atoms in total. The number of amides is 1. The zero-order chi connectivity index (χ0) is 6.69. The van der Waals surface area contributed by atoms with Crippen LogP contribution in [0.5, 0.6) is 0 Å². The molecule has 0 fully saturated rings. The van der Waals surface area contributed by atoms with Crippen molar-refractivity contribution < 1.29 is 24.3 Å². The number of hydrogen-bond acceptors (Lipinski definition) is 2. The first-order valence-electron chi connectivity index (χ1n) is 2.50. The van der Waals surface area contributed by atoms with Crippen molar-refractivity contribution in [1.82, 2.24) is 4.98 Å². The van der Waals surface area contributed by atoms with E-state index in [1.807, 2.05) is 0 Å². The Balaban J connectivity index is 0.000000810. The van der Waals surface area contributed by atoms with Crippen LogP contribution in [0, 0.1) is 0 Å². The van der Waals surface area contributed by atoms with E-state index in [1.165, 1.54) is 12.4 Å². The molecule has 1 amide bonds. The maximum atomic E-state index is 10.4. The Bertz CT molecular complexity index is 212. The molecular formula is C6H6N2OZn. The van der Waals surface area contributed by atoms with Gasteiger partial charge in [-0.1, -0.05) is 0 Å². The molecule has 0 radical (unpaired) electrons. The van der Waals surface area contributed by atoms with Crippen molar-refractivity contribution in [3.63, 3.8) is 0 Å². The Kier molecular flexibility index (Phi) is 3.81. The molecule has 4 heteroatoms. The van der Waals surface area contributed by atoms with Gasteiger partial charge in [0, 0.05) is 37.4 Å². The summed E-state index contributed by atoms with van der Waals surface area (Å²) in [5.41, 5.74) is 5.44. The topological polar surface area (TPSA) is 56.0 Å². The number of carbonyl (C=O) groups is 1. The minimum absolute atomic E-state index is 0. The first-order chi connectivity index (χ1) is 4.30. The summed E-state index contributed by atoms with van der Waals surface area (Å²) < 4.78 is 0. The van der Waals surface area contributed by atoms with Gasteiger partial charge in [-0.05, 0) is 12.1 Å². The van der Waals surface area contributed by atoms with Gasteiger partial charge in [-0.25, -0.2) is 0 Å². The molecule has 0 aliphatic heterocycles. The van der Waals surface area contributed by atoms with E-state index in [1.54, 1.807) is 12.1 Å². The maximum Gasteiger partial charge on any atom is 0.248 e. The summed E-state index contributed by atoms with van der Waals surface area (Å²) in [6.07, 6.45) is 3.06. The predicted octanol–water partition coefficient (Wildman–Crippen LogP) is 0.178. The molecule has 1 rings (SSSR count). The Morgan fingerprint density at radius 1 is 1.40 bits per heavy atom. The molecule has 48 valence electrons. The van der Waals surface area contributed by atoms with Gasteiger partial charge in [-0.3, -0.25) is 9.78 Å². The van der Waals surface area contributed by atoms with Crippen LogP contribution in [0.4, 0.5) is 0 Å². The Morgan fingerprint density at radius 2 is 1.90 bits per heavy atom. The van der Waals surface area contributed by atoms with Gasteiger partial charge >= 0.3 is 0 Å². The van der Waals surface area contributed by atoms with Gasteiger partial charge in [-0.2, -0.15) is 0 Å². The molecule has 1 aromatic heterocycles. The van der Waals surface area contributed by atoms with Crippen LogP contribution in [0.2, 0.25) is 0 Å². The molecule has 0 spiro atoms. The Labute approximate surface area is 71.4 Å². The average Bonchev–Trinajstić information content (AvgIpc) is 1.90. The molecule has 2 N–H and O–H groups in total. The average molecular weight is 188 g/mol. The number of pyridine rings is 1. The standard InChI is InChI=1S/C6H6N2O.Zn/c7-6(9)5-1-3-8-4-2-5;/h1-4H,(H2,7,9);. The van der Waals surface area contributed by atoms with Crippen LogP contribution in [0.15, 0.2) is 24.5 Å². The van der Waals surface area contributed by atoms with Gasteiger partial charge in [0.15, 0.2) is 0 Å². The minimum atomic E-state index is -0.419. The van der Waals surface area contributed by atoms with Gasteiger partial charge in [-0.15, -0.1) is 0 Å². The van der Waals surface area contributed by atoms with Crippen LogP contribution in [0.3, 0.4) is 0 Å². The smallest absolute Gasteiger partial charge is 0.248 e. The van der Waals surface area contributed by atoms with Gasteiger partial charge in [0.1, 0.15) is 0 Å². The summed E-state index contributed by atoms with van der Waals surface area (Å²) in [4.78, 5) is 14.1. The zero-order valence-electron chi connectivity index (χ0n) is 5.45. The molecule has 0 aliphatic carbocycles. The van der Waals surface area contributed by atoms with Crippen LogP contribution in [-0.2, 0) is 19.5 Å². The summed E-state index contributed by atoms with van der Waals surface area (Å²) in [6.45, 7) is 0. The Morgan fingerprint density at radius 3 is 2.20 bits per heavy atom. The number of nitrogens with two attached hydrogens (primary N) is 1. The van der Waals surface area contributed by atoms with E-state index in [-0.39, 0.29) is 19.5 Å². The molecule has 0 unspecified atom stereocenters. The SMILES string of the molecule is NC(=O)c1ccncc1.[Zn]. The van der Waals surface area contributed by atoms with Crippen LogP contribution < -0.4 is 5.73 Å². The molecule has 0 bridgehead atoms. The van der Waals surface area contributed by atoms with Crippen LogP contribution >= 0.6 is 0 Å². The van der Waals surface area contributed by atoms with Gasteiger partial charge < -0.3 is 5.73 Å². The van der Waals surface area contributed by atoms with E-state index in [9.17, 15) is 4.79 Å². The van der Waals surface area contributed by atoms with Crippen molar-refractivity contribution in [3.05, 3.63) is 30.1 Å². The first-order valence-corrected chi connectivity index (χ1v) is 2.50. The predicted molar refractivity (Wildman–Crippen MR) is 32.8 cm³/mol. The van der Waals surface area contributed by atoms with E-state index in [2.05, 4.69) is 4.98 Å². The monoisotopic (exact) mass is 186 g/mol. The van der Waals surface area contributed by atoms with Crippen LogP contribution in [0.25, 0.3) is 0 Å². The van der Waals surface area contributed by atoms with Crippen molar-refractivity contribution in [3.8, 4) is 0 Å². The molecule has 0 atom stereocenters. The summed E-state index contributed by atoms with van der Waals surface area (Å²) in [6, 6.07) is 3.14. The van der Waals surface area contributed by atoms with Crippen molar-refractivity contribution in [2.45, 2.75) is 0 Å². The third-order valence-corrected chi connectivity index (χ3v) is 0.965. The summed E-state index contributed by atoms with van der Waals surface area (Å²) >= 11 is 0. The Hall–Kier alpha value is -0.757. The van der Waals surface area contributed by atoms with Gasteiger partial charge in [0.25, 0.3) is 0 Å². The second kappa shape index (κ2) is 4.12. The van der Waals surface area contributed by atoms with Crippen molar-refractivity contribution in [2.24, 2.45) is 5.73 Å². The molecular weight excluding hydrogens is 181 g/mol. The molecule has 1 aromatic rings.